The number of aliphatic hydroxyl groups excluding tert-OH is 1. The van der Waals surface area contributed by atoms with Gasteiger partial charge in [-0.15, -0.1) is 0 Å². The largest absolute Gasteiger partial charge is 0.457 e. The normalized spacial score (nSPS) is 13.1. The Balaban J connectivity index is 3.50. The smallest absolute Gasteiger partial charge is 0.306 e. The van der Waals surface area contributed by atoms with Crippen LogP contribution < -0.4 is 0 Å². The lowest BCUT2D eigenvalue weighted by atomic mass is 10.0. The number of carbonyl (C=O) groups excluding carboxylic acids is 1. The molecule has 0 aliphatic rings. The van der Waals surface area contributed by atoms with Gasteiger partial charge >= 0.3 is 5.97 Å². The van der Waals surface area contributed by atoms with Crippen molar-refractivity contribution in [3.63, 3.8) is 0 Å². The molecule has 0 aromatic rings. The van der Waals surface area contributed by atoms with E-state index in [1.807, 2.05) is 0 Å². The van der Waals surface area contributed by atoms with Crippen LogP contribution in [0, 0.1) is 0 Å². The van der Waals surface area contributed by atoms with Crippen LogP contribution in [0.4, 0.5) is 0 Å². The molecule has 0 spiro atoms. The second-order valence-corrected chi connectivity index (χ2v) is 15.8. The molecule has 0 rings (SSSR count). The average molecular weight is 793 g/mol. The summed E-state index contributed by atoms with van der Waals surface area (Å²) in [6.45, 7) is 5.16. The number of rotatable bonds is 44. The van der Waals surface area contributed by atoms with Gasteiger partial charge in [0.2, 0.25) is 0 Å². The Kier molecular flexibility index (Phi) is 47.6. The van der Waals surface area contributed by atoms with Gasteiger partial charge in [0.15, 0.2) is 0 Å². The fraction of sp³-hybridized carbons (Fsp3) is 0.717. The maximum atomic E-state index is 12.3. The molecular formula is C53H92O4. The Bertz CT molecular complexity index is 1020. The van der Waals surface area contributed by atoms with E-state index in [1.54, 1.807) is 0 Å². The van der Waals surface area contributed by atoms with Gasteiger partial charge in [0.05, 0.1) is 13.2 Å². The molecule has 0 saturated carbocycles. The molecule has 0 aliphatic heterocycles. The molecule has 4 nitrogen and oxygen atoms in total. The summed E-state index contributed by atoms with van der Waals surface area (Å²) in [7, 11) is 0. The molecule has 0 heterocycles. The standard InChI is InChI=1S/C53H92O4/c1-3-5-7-9-11-13-15-17-19-21-23-25-27-28-30-32-34-36-38-40-42-44-46-48-53(55)57-52(50-54)51-56-49-47-45-43-41-39-37-35-33-31-29-26-24-22-20-18-16-14-12-10-8-6-4-2/h6,8,12,14,18,20-21,23-24,26,31,33,37,39,52,54H,3-5,7,9-11,13,15-17,19,22,25,27-30,32,34-36,38,40-51H2,1-2H3/b8-6-,14-12-,20-18-,23-21-,26-24-,33-31-,39-37-. The summed E-state index contributed by atoms with van der Waals surface area (Å²) in [5, 5.41) is 9.63. The van der Waals surface area contributed by atoms with Crippen molar-refractivity contribution < 1.29 is 19.4 Å². The second kappa shape index (κ2) is 49.7. The number of aliphatic hydroxyl groups is 1. The van der Waals surface area contributed by atoms with Crippen molar-refractivity contribution >= 4 is 5.97 Å². The van der Waals surface area contributed by atoms with Crippen LogP contribution in [0.5, 0.6) is 0 Å². The van der Waals surface area contributed by atoms with E-state index >= 15 is 0 Å². The summed E-state index contributed by atoms with van der Waals surface area (Å²) in [6, 6.07) is 0. The molecule has 0 radical (unpaired) electrons. The predicted molar refractivity (Wildman–Crippen MR) is 251 cm³/mol. The third-order valence-corrected chi connectivity index (χ3v) is 10.2. The van der Waals surface area contributed by atoms with Crippen LogP contribution in [0.3, 0.4) is 0 Å². The highest BCUT2D eigenvalue weighted by atomic mass is 16.6. The van der Waals surface area contributed by atoms with Crippen LogP contribution in [-0.4, -0.2) is 37.0 Å². The van der Waals surface area contributed by atoms with Crippen LogP contribution in [0.15, 0.2) is 85.1 Å². The summed E-state index contributed by atoms with van der Waals surface area (Å²) < 4.78 is 11.2. The lowest BCUT2D eigenvalue weighted by Crippen LogP contribution is -2.27. The lowest BCUT2D eigenvalue weighted by molar-refractivity contribution is -0.154. The fourth-order valence-electron chi connectivity index (χ4n) is 6.62. The first-order valence-corrected chi connectivity index (χ1v) is 24.2. The summed E-state index contributed by atoms with van der Waals surface area (Å²) in [5.41, 5.74) is 0. The minimum atomic E-state index is -0.558. The average Bonchev–Trinajstić information content (AvgIpc) is 3.22. The first kappa shape index (κ1) is 54.6. The second-order valence-electron chi connectivity index (χ2n) is 15.8. The molecule has 0 aromatic heterocycles. The van der Waals surface area contributed by atoms with E-state index in [1.165, 1.54) is 122 Å². The van der Waals surface area contributed by atoms with E-state index in [0.717, 1.165) is 77.0 Å². The third kappa shape index (κ3) is 47.8. The molecule has 4 heteroatoms. The van der Waals surface area contributed by atoms with Gasteiger partial charge in [-0.25, -0.2) is 0 Å². The Morgan fingerprint density at radius 1 is 0.439 bits per heavy atom. The van der Waals surface area contributed by atoms with Crippen LogP contribution in [0.25, 0.3) is 0 Å². The summed E-state index contributed by atoms with van der Waals surface area (Å²) in [6.07, 6.45) is 69.5. The van der Waals surface area contributed by atoms with Crippen molar-refractivity contribution in [1.82, 2.24) is 0 Å². The topological polar surface area (TPSA) is 55.8 Å². The molecule has 0 amide bonds. The molecular weight excluding hydrogens is 701 g/mol. The molecule has 0 bridgehead atoms. The van der Waals surface area contributed by atoms with Gasteiger partial charge in [0.25, 0.3) is 0 Å². The van der Waals surface area contributed by atoms with Crippen LogP contribution >= 0.6 is 0 Å². The Hall–Kier alpha value is -2.43. The number of ether oxygens (including phenoxy) is 2. The molecule has 1 N–H and O–H groups in total. The number of unbranched alkanes of at least 4 members (excludes halogenated alkanes) is 22. The zero-order valence-electron chi connectivity index (χ0n) is 37.6. The first-order chi connectivity index (χ1) is 28.2. The maximum Gasteiger partial charge on any atom is 0.306 e. The highest BCUT2D eigenvalue weighted by molar-refractivity contribution is 5.69. The quantitative estimate of drug-likeness (QED) is 0.0379. The van der Waals surface area contributed by atoms with Gasteiger partial charge < -0.3 is 14.6 Å². The van der Waals surface area contributed by atoms with Gasteiger partial charge in [0.1, 0.15) is 6.10 Å². The molecule has 0 saturated heterocycles. The maximum absolute atomic E-state index is 12.3. The van der Waals surface area contributed by atoms with Crippen LogP contribution in [-0.2, 0) is 14.3 Å². The molecule has 1 unspecified atom stereocenters. The van der Waals surface area contributed by atoms with Crippen molar-refractivity contribution in [2.75, 3.05) is 19.8 Å². The molecule has 57 heavy (non-hydrogen) atoms. The molecule has 328 valence electrons. The first-order valence-electron chi connectivity index (χ1n) is 24.2. The van der Waals surface area contributed by atoms with Gasteiger partial charge in [-0.2, -0.15) is 0 Å². The monoisotopic (exact) mass is 793 g/mol. The van der Waals surface area contributed by atoms with E-state index in [0.29, 0.717) is 13.0 Å². The predicted octanol–water partition coefficient (Wildman–Crippen LogP) is 16.3. The zero-order chi connectivity index (χ0) is 41.2. The number of esters is 1. The summed E-state index contributed by atoms with van der Waals surface area (Å²) in [4.78, 5) is 12.3. The highest BCUT2D eigenvalue weighted by Crippen LogP contribution is 2.14. The molecule has 1 atom stereocenters. The van der Waals surface area contributed by atoms with Gasteiger partial charge in [-0.05, 0) is 89.9 Å². The molecule has 0 fully saturated rings. The Morgan fingerprint density at radius 3 is 1.21 bits per heavy atom. The van der Waals surface area contributed by atoms with Crippen molar-refractivity contribution in [2.45, 2.75) is 225 Å². The van der Waals surface area contributed by atoms with Crippen LogP contribution in [0.1, 0.15) is 219 Å². The summed E-state index contributed by atoms with van der Waals surface area (Å²) in [5.74, 6) is -0.215. The van der Waals surface area contributed by atoms with Crippen molar-refractivity contribution in [3.8, 4) is 0 Å². The Labute approximate surface area is 354 Å². The number of hydrogen-bond acceptors (Lipinski definition) is 4. The van der Waals surface area contributed by atoms with E-state index in [4.69, 9.17) is 9.47 Å². The van der Waals surface area contributed by atoms with Gasteiger partial charge in [0, 0.05) is 13.0 Å². The number of hydrogen-bond donors (Lipinski definition) is 1. The van der Waals surface area contributed by atoms with Crippen LogP contribution in [0.2, 0.25) is 0 Å². The molecule has 0 aromatic carbocycles. The van der Waals surface area contributed by atoms with Gasteiger partial charge in [-0.3, -0.25) is 4.79 Å². The van der Waals surface area contributed by atoms with E-state index < -0.39 is 6.10 Å². The van der Waals surface area contributed by atoms with E-state index in [2.05, 4.69) is 98.9 Å². The van der Waals surface area contributed by atoms with Crippen molar-refractivity contribution in [2.24, 2.45) is 0 Å². The van der Waals surface area contributed by atoms with Crippen molar-refractivity contribution in [1.29, 1.82) is 0 Å². The SMILES string of the molecule is CC/C=C\C/C=C\C/C=C\C/C=C\C/C=C\C/C=C\CCCCCOCC(CO)OC(=O)CCCCCCCCCCCCC/C=C\CCCCCCCCCC. The molecule has 0 aliphatic carbocycles. The van der Waals surface area contributed by atoms with Crippen molar-refractivity contribution in [3.05, 3.63) is 85.1 Å². The number of carbonyl (C=O) groups is 1. The summed E-state index contributed by atoms with van der Waals surface area (Å²) >= 11 is 0. The minimum Gasteiger partial charge on any atom is -0.457 e. The number of allylic oxidation sites excluding steroid dienone is 14. The fourth-order valence-corrected chi connectivity index (χ4v) is 6.62. The van der Waals surface area contributed by atoms with E-state index in [9.17, 15) is 9.90 Å². The highest BCUT2D eigenvalue weighted by Gasteiger charge is 2.13. The third-order valence-electron chi connectivity index (χ3n) is 10.2. The van der Waals surface area contributed by atoms with Gasteiger partial charge in [-0.1, -0.05) is 208 Å². The Morgan fingerprint density at radius 2 is 0.789 bits per heavy atom. The minimum absolute atomic E-state index is 0.190. The van der Waals surface area contributed by atoms with E-state index in [-0.39, 0.29) is 19.2 Å². The zero-order valence-corrected chi connectivity index (χ0v) is 37.6. The lowest BCUT2D eigenvalue weighted by Gasteiger charge is -2.15.